The maximum Gasteiger partial charge on any atom is 0.155 e. The summed E-state index contributed by atoms with van der Waals surface area (Å²) in [6.45, 7) is 7.12. The topological polar surface area (TPSA) is 18.5 Å². The highest BCUT2D eigenvalue weighted by molar-refractivity contribution is 4.67. The van der Waals surface area contributed by atoms with E-state index in [9.17, 15) is 0 Å². The number of hydrogen-bond donors (Lipinski definition) is 0. The molecular formula is C8H16O2. The van der Waals surface area contributed by atoms with Gasteiger partial charge in [0.15, 0.2) is 6.29 Å². The van der Waals surface area contributed by atoms with Crippen LogP contribution >= 0.6 is 0 Å². The van der Waals surface area contributed by atoms with E-state index < -0.39 is 0 Å². The maximum atomic E-state index is 5.53. The summed E-state index contributed by atoms with van der Waals surface area (Å²) in [6.07, 6.45) is 1.50. The van der Waals surface area contributed by atoms with Crippen LogP contribution in [0, 0.1) is 5.92 Å². The van der Waals surface area contributed by atoms with Gasteiger partial charge in [0.2, 0.25) is 0 Å². The number of rotatable bonds is 1. The third-order valence-corrected chi connectivity index (χ3v) is 2.00. The van der Waals surface area contributed by atoms with E-state index in [1.807, 2.05) is 6.92 Å². The van der Waals surface area contributed by atoms with E-state index in [-0.39, 0.29) is 6.29 Å². The first-order chi connectivity index (χ1) is 4.74. The molecule has 0 aromatic rings. The van der Waals surface area contributed by atoms with E-state index in [1.54, 1.807) is 0 Å². The Balaban J connectivity index is 2.38. The van der Waals surface area contributed by atoms with Gasteiger partial charge in [0, 0.05) is 5.92 Å². The van der Waals surface area contributed by atoms with Crippen LogP contribution in [0.25, 0.3) is 0 Å². The molecule has 0 N–H and O–H groups in total. The Labute approximate surface area is 62.5 Å². The molecule has 10 heavy (non-hydrogen) atoms. The molecule has 3 atom stereocenters. The first kappa shape index (κ1) is 8.02. The second-order valence-electron chi connectivity index (χ2n) is 2.96. The Morgan fingerprint density at radius 3 is 2.60 bits per heavy atom. The Kier molecular flexibility index (Phi) is 2.69. The molecule has 0 aromatic heterocycles. The first-order valence-electron chi connectivity index (χ1n) is 4.01. The third-order valence-electron chi connectivity index (χ3n) is 2.00. The molecular weight excluding hydrogens is 128 g/mol. The molecule has 0 aromatic carbocycles. The van der Waals surface area contributed by atoms with Crippen molar-refractivity contribution >= 4 is 0 Å². The standard InChI is InChI=1S/C8H16O2/c1-4-8-6(2)5-9-7(3)10-8/h6-8H,4-5H2,1-3H3. The molecule has 1 fully saturated rings. The molecule has 2 nitrogen and oxygen atoms in total. The molecule has 1 aliphatic heterocycles. The fourth-order valence-corrected chi connectivity index (χ4v) is 1.31. The van der Waals surface area contributed by atoms with Crippen LogP contribution in [0.3, 0.4) is 0 Å². The van der Waals surface area contributed by atoms with E-state index in [1.165, 1.54) is 0 Å². The molecule has 0 radical (unpaired) electrons. The molecule has 0 aliphatic carbocycles. The Hall–Kier alpha value is -0.0800. The normalized spacial score (nSPS) is 41.7. The SMILES string of the molecule is CCC1OC(C)OCC1C. The van der Waals surface area contributed by atoms with Crippen LogP contribution in [0.4, 0.5) is 0 Å². The minimum absolute atomic E-state index is 0.00106. The summed E-state index contributed by atoms with van der Waals surface area (Å²) in [6, 6.07) is 0. The lowest BCUT2D eigenvalue weighted by Gasteiger charge is -2.32. The van der Waals surface area contributed by atoms with E-state index in [0.29, 0.717) is 12.0 Å². The highest BCUT2D eigenvalue weighted by atomic mass is 16.7. The zero-order valence-electron chi connectivity index (χ0n) is 6.96. The Morgan fingerprint density at radius 1 is 1.40 bits per heavy atom. The van der Waals surface area contributed by atoms with Gasteiger partial charge in [-0.25, -0.2) is 0 Å². The molecule has 0 spiro atoms. The highest BCUT2D eigenvalue weighted by Gasteiger charge is 2.24. The number of hydrogen-bond acceptors (Lipinski definition) is 2. The van der Waals surface area contributed by atoms with Crippen LogP contribution in [0.5, 0.6) is 0 Å². The van der Waals surface area contributed by atoms with Crippen LogP contribution < -0.4 is 0 Å². The summed E-state index contributed by atoms with van der Waals surface area (Å²) in [4.78, 5) is 0. The monoisotopic (exact) mass is 144 g/mol. The first-order valence-corrected chi connectivity index (χ1v) is 4.01. The largest absolute Gasteiger partial charge is 0.353 e. The number of ether oxygens (including phenoxy) is 2. The van der Waals surface area contributed by atoms with Crippen molar-refractivity contribution in [3.05, 3.63) is 0 Å². The zero-order chi connectivity index (χ0) is 7.56. The van der Waals surface area contributed by atoms with Gasteiger partial charge in [-0.3, -0.25) is 0 Å². The van der Waals surface area contributed by atoms with Crippen molar-refractivity contribution < 1.29 is 9.47 Å². The van der Waals surface area contributed by atoms with Gasteiger partial charge in [-0.2, -0.15) is 0 Å². The summed E-state index contributed by atoms with van der Waals surface area (Å²) in [7, 11) is 0. The van der Waals surface area contributed by atoms with Crippen LogP contribution in [0.2, 0.25) is 0 Å². The van der Waals surface area contributed by atoms with Crippen LogP contribution in [-0.4, -0.2) is 19.0 Å². The van der Waals surface area contributed by atoms with Crippen LogP contribution in [0.15, 0.2) is 0 Å². The Bertz CT molecular complexity index is 103. The third kappa shape index (κ3) is 1.70. The van der Waals surface area contributed by atoms with Crippen LogP contribution in [0.1, 0.15) is 27.2 Å². The van der Waals surface area contributed by atoms with Crippen molar-refractivity contribution in [2.45, 2.75) is 39.6 Å². The average molecular weight is 144 g/mol. The molecule has 1 aliphatic rings. The quantitative estimate of drug-likeness (QED) is 0.558. The molecule has 0 amide bonds. The fraction of sp³-hybridized carbons (Fsp3) is 1.00. The average Bonchev–Trinajstić information content (AvgIpc) is 1.94. The second kappa shape index (κ2) is 3.35. The highest BCUT2D eigenvalue weighted by Crippen LogP contribution is 2.19. The van der Waals surface area contributed by atoms with E-state index >= 15 is 0 Å². The van der Waals surface area contributed by atoms with Crippen molar-refractivity contribution in [3.8, 4) is 0 Å². The lowest BCUT2D eigenvalue weighted by Crippen LogP contribution is -2.36. The smallest absolute Gasteiger partial charge is 0.155 e. The molecule has 3 unspecified atom stereocenters. The summed E-state index contributed by atoms with van der Waals surface area (Å²) in [5.74, 6) is 0.557. The molecule has 0 saturated carbocycles. The minimum Gasteiger partial charge on any atom is -0.353 e. The van der Waals surface area contributed by atoms with E-state index in [4.69, 9.17) is 9.47 Å². The van der Waals surface area contributed by atoms with Crippen molar-refractivity contribution in [1.29, 1.82) is 0 Å². The molecule has 1 heterocycles. The molecule has 60 valence electrons. The van der Waals surface area contributed by atoms with Gasteiger partial charge in [-0.05, 0) is 13.3 Å². The van der Waals surface area contributed by atoms with Crippen molar-refractivity contribution in [2.75, 3.05) is 6.61 Å². The van der Waals surface area contributed by atoms with Gasteiger partial charge in [0.25, 0.3) is 0 Å². The van der Waals surface area contributed by atoms with Crippen molar-refractivity contribution in [3.63, 3.8) is 0 Å². The van der Waals surface area contributed by atoms with Gasteiger partial charge in [-0.1, -0.05) is 13.8 Å². The van der Waals surface area contributed by atoms with E-state index in [0.717, 1.165) is 13.0 Å². The van der Waals surface area contributed by atoms with Gasteiger partial charge < -0.3 is 9.47 Å². The summed E-state index contributed by atoms with van der Waals surface area (Å²) in [5.41, 5.74) is 0. The predicted octanol–water partition coefficient (Wildman–Crippen LogP) is 1.79. The second-order valence-corrected chi connectivity index (χ2v) is 2.96. The molecule has 2 heteroatoms. The lowest BCUT2D eigenvalue weighted by molar-refractivity contribution is -0.224. The summed E-state index contributed by atoms with van der Waals surface area (Å²) < 4.78 is 10.8. The molecule has 1 saturated heterocycles. The molecule has 0 bridgehead atoms. The van der Waals surface area contributed by atoms with Gasteiger partial charge in [-0.15, -0.1) is 0 Å². The zero-order valence-corrected chi connectivity index (χ0v) is 6.96. The van der Waals surface area contributed by atoms with E-state index in [2.05, 4.69) is 13.8 Å². The minimum atomic E-state index is 0.00106. The lowest BCUT2D eigenvalue weighted by atomic mass is 10.0. The summed E-state index contributed by atoms with van der Waals surface area (Å²) in [5, 5.41) is 0. The maximum absolute atomic E-state index is 5.53. The predicted molar refractivity (Wildman–Crippen MR) is 39.7 cm³/mol. The Morgan fingerprint density at radius 2 is 2.10 bits per heavy atom. The fourth-order valence-electron chi connectivity index (χ4n) is 1.31. The van der Waals surface area contributed by atoms with Gasteiger partial charge in [0.1, 0.15) is 0 Å². The van der Waals surface area contributed by atoms with Crippen molar-refractivity contribution in [1.82, 2.24) is 0 Å². The van der Waals surface area contributed by atoms with Crippen molar-refractivity contribution in [2.24, 2.45) is 5.92 Å². The van der Waals surface area contributed by atoms with Gasteiger partial charge in [0.05, 0.1) is 12.7 Å². The van der Waals surface area contributed by atoms with Gasteiger partial charge >= 0.3 is 0 Å². The molecule has 1 rings (SSSR count). The van der Waals surface area contributed by atoms with Crippen LogP contribution in [-0.2, 0) is 9.47 Å². The summed E-state index contributed by atoms with van der Waals surface area (Å²) >= 11 is 0.